The zero-order valence-electron chi connectivity index (χ0n) is 15.7. The first-order valence-electron chi connectivity index (χ1n) is 8.88. The number of carbonyl (C=O) groups is 2. The Morgan fingerprint density at radius 3 is 2.76 bits per heavy atom. The van der Waals surface area contributed by atoms with Crippen molar-refractivity contribution in [3.8, 4) is 11.3 Å². The summed E-state index contributed by atoms with van der Waals surface area (Å²) in [6.07, 6.45) is 0.252. The second-order valence-electron chi connectivity index (χ2n) is 6.45. The standard InChI is InChI=1S/C21H17N3O4S/c1-12-6-8-14(9-7-12)16-10-29-21(23-16)24-19(25)13(2)28-20(26)15-4-3-5-17-18(15)22-11-27-17/h3-11,13H,1-2H3,(H,23,24,25). The molecule has 0 spiro atoms. The lowest BCUT2D eigenvalue weighted by Crippen LogP contribution is -2.30. The number of nitrogens with one attached hydrogen (secondary N) is 1. The van der Waals surface area contributed by atoms with Crippen molar-refractivity contribution in [1.29, 1.82) is 0 Å². The van der Waals surface area contributed by atoms with Crippen LogP contribution in [0.3, 0.4) is 0 Å². The first-order valence-corrected chi connectivity index (χ1v) is 9.76. The van der Waals surface area contributed by atoms with Crippen LogP contribution in [0, 0.1) is 6.92 Å². The second kappa shape index (κ2) is 7.84. The Bertz CT molecular complexity index is 1180. The predicted molar refractivity (Wildman–Crippen MR) is 110 cm³/mol. The van der Waals surface area contributed by atoms with Crippen LogP contribution in [0.1, 0.15) is 22.8 Å². The molecule has 146 valence electrons. The third-order valence-corrected chi connectivity index (χ3v) is 5.07. The van der Waals surface area contributed by atoms with E-state index in [-0.39, 0.29) is 5.56 Å². The maximum atomic E-state index is 12.4. The molecule has 0 saturated heterocycles. The number of ether oxygens (including phenoxy) is 1. The average Bonchev–Trinajstić information content (AvgIpc) is 3.37. The number of hydrogen-bond acceptors (Lipinski definition) is 7. The molecule has 0 fully saturated rings. The van der Waals surface area contributed by atoms with Crippen LogP contribution in [0.25, 0.3) is 22.4 Å². The Hall–Kier alpha value is -3.52. The Morgan fingerprint density at radius 1 is 1.17 bits per heavy atom. The van der Waals surface area contributed by atoms with Gasteiger partial charge in [-0.15, -0.1) is 11.3 Å². The molecule has 0 aliphatic carbocycles. The summed E-state index contributed by atoms with van der Waals surface area (Å²) in [6.45, 7) is 3.52. The number of carbonyl (C=O) groups excluding carboxylic acids is 2. The van der Waals surface area contributed by atoms with Gasteiger partial charge in [-0.1, -0.05) is 35.9 Å². The summed E-state index contributed by atoms with van der Waals surface area (Å²) in [5.74, 6) is -1.11. The molecule has 2 heterocycles. The summed E-state index contributed by atoms with van der Waals surface area (Å²) >= 11 is 1.31. The number of aryl methyl sites for hydroxylation is 1. The molecule has 1 N–H and O–H groups in total. The lowest BCUT2D eigenvalue weighted by molar-refractivity contribution is -0.123. The van der Waals surface area contributed by atoms with Gasteiger partial charge in [0, 0.05) is 10.9 Å². The second-order valence-corrected chi connectivity index (χ2v) is 7.30. The van der Waals surface area contributed by atoms with Crippen LogP contribution in [0.5, 0.6) is 0 Å². The highest BCUT2D eigenvalue weighted by Gasteiger charge is 2.22. The summed E-state index contributed by atoms with van der Waals surface area (Å²) in [5.41, 5.74) is 4.01. The quantitative estimate of drug-likeness (QED) is 0.492. The Morgan fingerprint density at radius 2 is 1.97 bits per heavy atom. The van der Waals surface area contributed by atoms with E-state index in [0.717, 1.165) is 16.8 Å². The van der Waals surface area contributed by atoms with E-state index in [1.165, 1.54) is 24.7 Å². The largest absolute Gasteiger partial charge is 0.449 e. The first-order chi connectivity index (χ1) is 14.0. The van der Waals surface area contributed by atoms with E-state index in [1.807, 2.05) is 36.6 Å². The normalized spacial score (nSPS) is 11.9. The van der Waals surface area contributed by atoms with Crippen LogP contribution in [0.4, 0.5) is 5.13 Å². The van der Waals surface area contributed by atoms with Crippen molar-refractivity contribution in [1.82, 2.24) is 9.97 Å². The van der Waals surface area contributed by atoms with Crippen LogP contribution in [-0.2, 0) is 9.53 Å². The molecule has 4 rings (SSSR count). The third kappa shape index (κ3) is 4.02. The van der Waals surface area contributed by atoms with Crippen LogP contribution in [0.2, 0.25) is 0 Å². The van der Waals surface area contributed by atoms with Crippen LogP contribution >= 0.6 is 11.3 Å². The molecule has 8 heteroatoms. The van der Waals surface area contributed by atoms with Gasteiger partial charge in [0.2, 0.25) is 0 Å². The molecule has 0 saturated carbocycles. The molecule has 0 aliphatic heterocycles. The number of thiazole rings is 1. The minimum absolute atomic E-state index is 0.242. The summed E-state index contributed by atoms with van der Waals surface area (Å²) in [5, 5.41) is 4.99. The van der Waals surface area contributed by atoms with Crippen molar-refractivity contribution in [2.75, 3.05) is 5.32 Å². The smallest absolute Gasteiger partial charge is 0.341 e. The number of amides is 1. The van der Waals surface area contributed by atoms with Crippen molar-refractivity contribution in [3.63, 3.8) is 0 Å². The molecule has 4 aromatic rings. The van der Waals surface area contributed by atoms with Crippen molar-refractivity contribution in [3.05, 3.63) is 65.4 Å². The number of fused-ring (bicyclic) bond motifs is 1. The monoisotopic (exact) mass is 407 g/mol. The topological polar surface area (TPSA) is 94.3 Å². The van der Waals surface area contributed by atoms with E-state index in [9.17, 15) is 9.59 Å². The molecular formula is C21H17N3O4S. The molecule has 2 aromatic heterocycles. The highest BCUT2D eigenvalue weighted by Crippen LogP contribution is 2.25. The SMILES string of the molecule is Cc1ccc(-c2csc(NC(=O)C(C)OC(=O)c3cccc4ocnc34)n2)cc1. The predicted octanol–water partition coefficient (Wildman–Crippen LogP) is 4.44. The molecule has 2 aromatic carbocycles. The fraction of sp³-hybridized carbons (Fsp3) is 0.143. The summed E-state index contributed by atoms with van der Waals surface area (Å²) in [6, 6.07) is 12.9. The van der Waals surface area contributed by atoms with Gasteiger partial charge in [-0.25, -0.2) is 14.8 Å². The number of nitrogens with zero attached hydrogens (tertiary/aromatic N) is 2. The lowest BCUT2D eigenvalue weighted by Gasteiger charge is -2.12. The number of aromatic nitrogens is 2. The van der Waals surface area contributed by atoms with Gasteiger partial charge in [-0.05, 0) is 26.0 Å². The highest BCUT2D eigenvalue weighted by molar-refractivity contribution is 7.14. The molecule has 7 nitrogen and oxygen atoms in total. The van der Waals surface area contributed by atoms with E-state index in [0.29, 0.717) is 16.2 Å². The number of oxazole rings is 1. The van der Waals surface area contributed by atoms with Gasteiger partial charge in [0.1, 0.15) is 5.52 Å². The number of esters is 1. The lowest BCUT2D eigenvalue weighted by atomic mass is 10.1. The highest BCUT2D eigenvalue weighted by atomic mass is 32.1. The van der Waals surface area contributed by atoms with Gasteiger partial charge < -0.3 is 9.15 Å². The van der Waals surface area contributed by atoms with Gasteiger partial charge in [0.15, 0.2) is 23.2 Å². The zero-order chi connectivity index (χ0) is 20.4. The molecule has 0 bridgehead atoms. The van der Waals surface area contributed by atoms with Crippen molar-refractivity contribution < 1.29 is 18.7 Å². The van der Waals surface area contributed by atoms with Crippen molar-refractivity contribution >= 4 is 39.4 Å². The maximum absolute atomic E-state index is 12.4. The number of anilines is 1. The van der Waals surface area contributed by atoms with Crippen LogP contribution < -0.4 is 5.32 Å². The zero-order valence-corrected chi connectivity index (χ0v) is 16.5. The fourth-order valence-corrected chi connectivity index (χ4v) is 3.45. The minimum atomic E-state index is -1.00. The number of para-hydroxylation sites is 1. The Kier molecular flexibility index (Phi) is 5.09. The Labute approximate surface area is 170 Å². The number of hydrogen-bond donors (Lipinski definition) is 1. The van der Waals surface area contributed by atoms with Gasteiger partial charge in [-0.3, -0.25) is 10.1 Å². The van der Waals surface area contributed by atoms with E-state index < -0.39 is 18.0 Å². The third-order valence-electron chi connectivity index (χ3n) is 4.32. The van der Waals surface area contributed by atoms with E-state index >= 15 is 0 Å². The van der Waals surface area contributed by atoms with Crippen molar-refractivity contribution in [2.45, 2.75) is 20.0 Å². The van der Waals surface area contributed by atoms with E-state index in [1.54, 1.807) is 18.2 Å². The van der Waals surface area contributed by atoms with Crippen LogP contribution in [0.15, 0.2) is 58.7 Å². The van der Waals surface area contributed by atoms with Gasteiger partial charge in [-0.2, -0.15) is 0 Å². The van der Waals surface area contributed by atoms with Crippen molar-refractivity contribution in [2.24, 2.45) is 0 Å². The average molecular weight is 407 g/mol. The molecule has 0 aliphatic rings. The molecule has 29 heavy (non-hydrogen) atoms. The minimum Gasteiger partial charge on any atom is -0.449 e. The molecule has 1 unspecified atom stereocenters. The molecule has 1 amide bonds. The van der Waals surface area contributed by atoms with Gasteiger partial charge >= 0.3 is 5.97 Å². The number of benzene rings is 2. The van der Waals surface area contributed by atoms with E-state index in [2.05, 4.69) is 15.3 Å². The number of rotatable bonds is 5. The molecule has 1 atom stereocenters. The molecular weight excluding hydrogens is 390 g/mol. The molecule has 0 radical (unpaired) electrons. The summed E-state index contributed by atoms with van der Waals surface area (Å²) in [4.78, 5) is 33.3. The summed E-state index contributed by atoms with van der Waals surface area (Å²) in [7, 11) is 0. The van der Waals surface area contributed by atoms with Gasteiger partial charge in [0.25, 0.3) is 5.91 Å². The maximum Gasteiger partial charge on any atom is 0.341 e. The van der Waals surface area contributed by atoms with Gasteiger partial charge in [0.05, 0.1) is 11.3 Å². The first kappa shape index (κ1) is 18.8. The summed E-state index contributed by atoms with van der Waals surface area (Å²) < 4.78 is 10.5. The fourth-order valence-electron chi connectivity index (χ4n) is 2.72. The Balaban J connectivity index is 1.41. The van der Waals surface area contributed by atoms with Crippen LogP contribution in [-0.4, -0.2) is 27.9 Å². The van der Waals surface area contributed by atoms with E-state index in [4.69, 9.17) is 9.15 Å².